The summed E-state index contributed by atoms with van der Waals surface area (Å²) < 4.78 is 10.7. The molecular weight excluding hydrogens is 232 g/mol. The van der Waals surface area contributed by atoms with Crippen molar-refractivity contribution >= 4 is 5.91 Å². The third-order valence-corrected chi connectivity index (χ3v) is 3.63. The minimum absolute atomic E-state index is 0.0989. The number of nitrogens with one attached hydrogen (secondary N) is 2. The minimum Gasteiger partial charge on any atom is -0.381 e. The fourth-order valence-electron chi connectivity index (χ4n) is 2.46. The van der Waals surface area contributed by atoms with E-state index in [-0.39, 0.29) is 5.91 Å². The molecule has 2 aliphatic rings. The largest absolute Gasteiger partial charge is 0.381 e. The van der Waals surface area contributed by atoms with E-state index in [1.54, 1.807) is 0 Å². The molecule has 0 spiro atoms. The first kappa shape index (κ1) is 13.8. The molecule has 2 fully saturated rings. The van der Waals surface area contributed by atoms with Gasteiger partial charge in [0.1, 0.15) is 0 Å². The molecule has 0 aromatic carbocycles. The van der Waals surface area contributed by atoms with Crippen LogP contribution in [0.15, 0.2) is 0 Å². The van der Waals surface area contributed by atoms with Crippen molar-refractivity contribution in [3.63, 3.8) is 0 Å². The van der Waals surface area contributed by atoms with E-state index >= 15 is 0 Å². The number of hydrogen-bond acceptors (Lipinski definition) is 4. The molecule has 1 saturated heterocycles. The summed E-state index contributed by atoms with van der Waals surface area (Å²) in [5.41, 5.74) is 0. The molecule has 2 rings (SSSR count). The van der Waals surface area contributed by atoms with Crippen LogP contribution in [-0.4, -0.2) is 50.5 Å². The predicted molar refractivity (Wildman–Crippen MR) is 68.4 cm³/mol. The van der Waals surface area contributed by atoms with E-state index < -0.39 is 0 Å². The van der Waals surface area contributed by atoms with Crippen molar-refractivity contribution in [1.29, 1.82) is 0 Å². The second kappa shape index (κ2) is 7.07. The van der Waals surface area contributed by atoms with Crippen LogP contribution in [-0.2, 0) is 14.3 Å². The normalized spacial score (nSPS) is 28.7. The molecule has 2 N–H and O–H groups in total. The van der Waals surface area contributed by atoms with Crippen LogP contribution in [0.2, 0.25) is 0 Å². The van der Waals surface area contributed by atoms with E-state index in [2.05, 4.69) is 10.6 Å². The van der Waals surface area contributed by atoms with Gasteiger partial charge >= 0.3 is 0 Å². The van der Waals surface area contributed by atoms with Gasteiger partial charge in [0.15, 0.2) is 0 Å². The molecule has 0 radical (unpaired) electrons. The summed E-state index contributed by atoms with van der Waals surface area (Å²) in [5, 5.41) is 6.32. The van der Waals surface area contributed by atoms with Crippen LogP contribution in [0.4, 0.5) is 0 Å². The lowest BCUT2D eigenvalue weighted by Gasteiger charge is -2.35. The van der Waals surface area contributed by atoms with Crippen LogP contribution in [0.5, 0.6) is 0 Å². The first-order valence-corrected chi connectivity index (χ1v) is 7.00. The third-order valence-electron chi connectivity index (χ3n) is 3.63. The monoisotopic (exact) mass is 256 g/mol. The molecule has 0 bridgehead atoms. The zero-order valence-corrected chi connectivity index (χ0v) is 11.1. The molecule has 1 aliphatic carbocycles. The molecule has 0 aromatic heterocycles. The quantitative estimate of drug-likeness (QED) is 0.724. The smallest absolute Gasteiger partial charge is 0.234 e. The maximum absolute atomic E-state index is 11.7. The predicted octanol–water partition coefficient (Wildman–Crippen LogP) is 0.439. The van der Waals surface area contributed by atoms with Crippen molar-refractivity contribution < 1.29 is 14.3 Å². The fraction of sp³-hybridized carbons (Fsp3) is 0.923. The number of hydrogen-bond donors (Lipinski definition) is 2. The highest BCUT2D eigenvalue weighted by Crippen LogP contribution is 2.22. The van der Waals surface area contributed by atoms with Gasteiger partial charge in [0.25, 0.3) is 0 Å². The molecule has 1 amide bonds. The molecule has 0 atom stereocenters. The summed E-state index contributed by atoms with van der Waals surface area (Å²) in [6, 6.07) is 0.743. The van der Waals surface area contributed by atoms with Gasteiger partial charge in [-0.2, -0.15) is 0 Å². The highest BCUT2D eigenvalue weighted by Gasteiger charge is 2.29. The van der Waals surface area contributed by atoms with Gasteiger partial charge in [0, 0.05) is 31.9 Å². The number of carbonyl (C=O) groups excluding carboxylic acids is 1. The average Bonchev–Trinajstić information content (AvgIpc) is 2.33. The second-order valence-electron chi connectivity index (χ2n) is 5.08. The van der Waals surface area contributed by atoms with Gasteiger partial charge in [-0.1, -0.05) is 0 Å². The molecule has 1 heterocycles. The minimum atomic E-state index is 0.0989. The summed E-state index contributed by atoms with van der Waals surface area (Å²) in [6.45, 7) is 4.73. The summed E-state index contributed by atoms with van der Waals surface area (Å²) in [6.07, 6.45) is 4.31. The average molecular weight is 256 g/mol. The van der Waals surface area contributed by atoms with Crippen LogP contribution in [0.3, 0.4) is 0 Å². The van der Waals surface area contributed by atoms with Gasteiger partial charge < -0.3 is 20.1 Å². The Kier molecular flexibility index (Phi) is 5.41. The molecular formula is C13H24N2O3. The van der Waals surface area contributed by atoms with Gasteiger partial charge in [-0.05, 0) is 32.6 Å². The Hall–Kier alpha value is -0.650. The number of carbonyl (C=O) groups is 1. The first-order valence-electron chi connectivity index (χ1n) is 7.00. The fourth-order valence-corrected chi connectivity index (χ4v) is 2.46. The first-order chi connectivity index (χ1) is 8.78. The van der Waals surface area contributed by atoms with Crippen LogP contribution < -0.4 is 10.6 Å². The lowest BCUT2D eigenvalue weighted by atomic mass is 9.89. The van der Waals surface area contributed by atoms with E-state index in [0.29, 0.717) is 24.7 Å². The summed E-state index contributed by atoms with van der Waals surface area (Å²) in [4.78, 5) is 11.7. The Morgan fingerprint density at radius 2 is 2.00 bits per heavy atom. The van der Waals surface area contributed by atoms with E-state index in [4.69, 9.17) is 9.47 Å². The SMILES string of the molecule is CCOC1CC(NCC(=O)NC2CCOCC2)C1. The van der Waals surface area contributed by atoms with Crippen molar-refractivity contribution in [3.8, 4) is 0 Å². The lowest BCUT2D eigenvalue weighted by Crippen LogP contribution is -2.50. The molecule has 5 heteroatoms. The Balaban J connectivity index is 1.52. The van der Waals surface area contributed by atoms with Crippen molar-refractivity contribution in [2.45, 2.75) is 50.8 Å². The van der Waals surface area contributed by atoms with Crippen LogP contribution in [0.1, 0.15) is 32.6 Å². The topological polar surface area (TPSA) is 59.6 Å². The molecule has 5 nitrogen and oxygen atoms in total. The van der Waals surface area contributed by atoms with E-state index in [9.17, 15) is 4.79 Å². The summed E-state index contributed by atoms with van der Waals surface area (Å²) in [5.74, 6) is 0.0989. The zero-order valence-electron chi connectivity index (χ0n) is 11.1. The van der Waals surface area contributed by atoms with Crippen molar-refractivity contribution in [2.24, 2.45) is 0 Å². The second-order valence-corrected chi connectivity index (χ2v) is 5.08. The maximum atomic E-state index is 11.7. The highest BCUT2D eigenvalue weighted by atomic mass is 16.5. The van der Waals surface area contributed by atoms with Crippen molar-refractivity contribution in [1.82, 2.24) is 10.6 Å². The van der Waals surface area contributed by atoms with E-state index in [1.165, 1.54) is 0 Å². The molecule has 1 aliphatic heterocycles. The van der Waals surface area contributed by atoms with Gasteiger partial charge in [0.05, 0.1) is 12.6 Å². The summed E-state index contributed by atoms with van der Waals surface area (Å²) >= 11 is 0. The van der Waals surface area contributed by atoms with Crippen molar-refractivity contribution in [3.05, 3.63) is 0 Å². The van der Waals surface area contributed by atoms with Crippen LogP contribution >= 0.6 is 0 Å². The van der Waals surface area contributed by atoms with Crippen LogP contribution in [0, 0.1) is 0 Å². The third kappa shape index (κ3) is 4.23. The van der Waals surface area contributed by atoms with E-state index in [0.717, 1.165) is 45.5 Å². The molecule has 18 heavy (non-hydrogen) atoms. The molecule has 1 saturated carbocycles. The Labute approximate surface area is 109 Å². The number of amides is 1. The Morgan fingerprint density at radius 1 is 1.28 bits per heavy atom. The van der Waals surface area contributed by atoms with E-state index in [1.807, 2.05) is 6.92 Å². The zero-order chi connectivity index (χ0) is 12.8. The van der Waals surface area contributed by atoms with Gasteiger partial charge in [-0.3, -0.25) is 4.79 Å². The standard InChI is InChI=1S/C13H24N2O3/c1-2-18-12-7-11(8-12)14-9-13(16)15-10-3-5-17-6-4-10/h10-12,14H,2-9H2,1H3,(H,15,16). The summed E-state index contributed by atoms with van der Waals surface area (Å²) in [7, 11) is 0. The molecule has 0 unspecified atom stereocenters. The van der Waals surface area contributed by atoms with Gasteiger partial charge in [-0.25, -0.2) is 0 Å². The maximum Gasteiger partial charge on any atom is 0.234 e. The Morgan fingerprint density at radius 3 is 2.67 bits per heavy atom. The van der Waals surface area contributed by atoms with Crippen molar-refractivity contribution in [2.75, 3.05) is 26.4 Å². The highest BCUT2D eigenvalue weighted by molar-refractivity contribution is 5.78. The van der Waals surface area contributed by atoms with Gasteiger partial charge in [-0.15, -0.1) is 0 Å². The molecule has 104 valence electrons. The molecule has 0 aromatic rings. The lowest BCUT2D eigenvalue weighted by molar-refractivity contribution is -0.122. The number of rotatable bonds is 6. The Bertz CT molecular complexity index is 261. The number of ether oxygens (including phenoxy) is 2. The van der Waals surface area contributed by atoms with Gasteiger partial charge in [0.2, 0.25) is 5.91 Å². The van der Waals surface area contributed by atoms with Crippen LogP contribution in [0.25, 0.3) is 0 Å².